The molecular formula is C14H22FN5. The zero-order valence-electron chi connectivity index (χ0n) is 12.3. The van der Waals surface area contributed by atoms with Crippen LogP contribution in [0.3, 0.4) is 0 Å². The van der Waals surface area contributed by atoms with Crippen LogP contribution in [0.25, 0.3) is 0 Å². The van der Waals surface area contributed by atoms with Gasteiger partial charge in [0.15, 0.2) is 11.6 Å². The molecule has 1 saturated carbocycles. The molecule has 1 aliphatic carbocycles. The van der Waals surface area contributed by atoms with E-state index in [4.69, 9.17) is 0 Å². The third kappa shape index (κ3) is 2.44. The molecule has 5 nitrogen and oxygen atoms in total. The highest BCUT2D eigenvalue weighted by Gasteiger charge is 2.44. The summed E-state index contributed by atoms with van der Waals surface area (Å²) in [6.07, 6.45) is 3.94. The van der Waals surface area contributed by atoms with Crippen molar-refractivity contribution in [2.75, 3.05) is 44.4 Å². The van der Waals surface area contributed by atoms with Gasteiger partial charge in [-0.05, 0) is 38.8 Å². The van der Waals surface area contributed by atoms with Crippen LogP contribution in [0.5, 0.6) is 0 Å². The Balaban J connectivity index is 1.81. The van der Waals surface area contributed by atoms with E-state index in [9.17, 15) is 4.39 Å². The van der Waals surface area contributed by atoms with Gasteiger partial charge < -0.3 is 15.1 Å². The Labute approximate surface area is 119 Å². The predicted molar refractivity (Wildman–Crippen MR) is 77.4 cm³/mol. The largest absolute Gasteiger partial charge is 0.371 e. The molecule has 1 N–H and O–H groups in total. The van der Waals surface area contributed by atoms with Crippen molar-refractivity contribution >= 4 is 11.8 Å². The van der Waals surface area contributed by atoms with Crippen molar-refractivity contribution in [2.24, 2.45) is 11.8 Å². The second-order valence-electron chi connectivity index (χ2n) is 6.05. The van der Waals surface area contributed by atoms with Gasteiger partial charge in [-0.2, -0.15) is 4.98 Å². The molecule has 6 heteroatoms. The third-order valence-electron chi connectivity index (χ3n) is 4.47. The number of hydrogen-bond donors (Lipinski definition) is 1. The fourth-order valence-corrected chi connectivity index (χ4v) is 3.19. The molecular weight excluding hydrogens is 257 g/mol. The summed E-state index contributed by atoms with van der Waals surface area (Å²) in [7, 11) is 5.94. The average Bonchev–Trinajstić information content (AvgIpc) is 3.18. The van der Waals surface area contributed by atoms with Crippen LogP contribution in [0.4, 0.5) is 16.2 Å². The summed E-state index contributed by atoms with van der Waals surface area (Å²) in [5, 5.41) is 2.78. The fourth-order valence-electron chi connectivity index (χ4n) is 3.19. The molecule has 1 aromatic rings. The summed E-state index contributed by atoms with van der Waals surface area (Å²) in [5.74, 6) is 2.02. The van der Waals surface area contributed by atoms with Crippen molar-refractivity contribution in [2.45, 2.75) is 18.9 Å². The number of hydrogen-bond acceptors (Lipinski definition) is 5. The van der Waals surface area contributed by atoms with Crippen LogP contribution >= 0.6 is 0 Å². The molecule has 0 radical (unpaired) electrons. The Morgan fingerprint density at radius 1 is 1.35 bits per heavy atom. The van der Waals surface area contributed by atoms with Gasteiger partial charge in [0, 0.05) is 26.2 Å². The molecule has 1 saturated heterocycles. The van der Waals surface area contributed by atoms with Gasteiger partial charge in [0.25, 0.3) is 0 Å². The maximum Gasteiger partial charge on any atom is 0.227 e. The first-order chi connectivity index (χ1) is 9.60. The first-order valence-corrected chi connectivity index (χ1v) is 7.22. The standard InChI is InChI=1S/C14H22FN5/c1-16-13-11(15)6-17-14(18-13)20-7-10(9-4-5-9)12(8-20)19(2)3/h6,9-10,12H,4-5,7-8H2,1-3H3,(H,16,17,18)/t10-,12+/m0/s1. The van der Waals surface area contributed by atoms with Gasteiger partial charge in [-0.3, -0.25) is 0 Å². The average molecular weight is 279 g/mol. The highest BCUT2D eigenvalue weighted by Crippen LogP contribution is 2.43. The summed E-state index contributed by atoms with van der Waals surface area (Å²) in [6.45, 7) is 1.89. The zero-order valence-corrected chi connectivity index (χ0v) is 12.3. The predicted octanol–water partition coefficient (Wildman–Crippen LogP) is 1.43. The summed E-state index contributed by atoms with van der Waals surface area (Å²) in [6, 6.07) is 0.536. The zero-order chi connectivity index (χ0) is 14.3. The normalized spacial score (nSPS) is 26.4. The molecule has 110 valence electrons. The number of rotatable bonds is 4. The minimum absolute atomic E-state index is 0.270. The van der Waals surface area contributed by atoms with E-state index in [-0.39, 0.29) is 5.82 Å². The van der Waals surface area contributed by atoms with Gasteiger partial charge in [-0.25, -0.2) is 9.37 Å². The molecule has 2 fully saturated rings. The second kappa shape index (κ2) is 5.16. The lowest BCUT2D eigenvalue weighted by Gasteiger charge is -2.24. The molecule has 2 aliphatic rings. The molecule has 1 aromatic heterocycles. The van der Waals surface area contributed by atoms with Gasteiger partial charge in [0.1, 0.15) is 0 Å². The van der Waals surface area contributed by atoms with E-state index >= 15 is 0 Å². The number of likely N-dealkylation sites (N-methyl/N-ethyl adjacent to an activating group) is 1. The van der Waals surface area contributed by atoms with E-state index in [1.807, 2.05) is 0 Å². The highest BCUT2D eigenvalue weighted by molar-refractivity contribution is 5.43. The molecule has 0 bridgehead atoms. The Bertz CT molecular complexity index is 478. The van der Waals surface area contributed by atoms with Crippen molar-refractivity contribution in [3.8, 4) is 0 Å². The number of aromatic nitrogens is 2. The van der Waals surface area contributed by atoms with Crippen LogP contribution in [0.15, 0.2) is 6.20 Å². The number of anilines is 2. The lowest BCUT2D eigenvalue weighted by Crippen LogP contribution is -2.36. The van der Waals surface area contributed by atoms with E-state index in [2.05, 4.69) is 39.2 Å². The second-order valence-corrected chi connectivity index (χ2v) is 6.05. The molecule has 0 unspecified atom stereocenters. The number of nitrogens with zero attached hydrogens (tertiary/aromatic N) is 4. The molecule has 0 amide bonds. The maximum absolute atomic E-state index is 13.5. The van der Waals surface area contributed by atoms with Gasteiger partial charge in [0.2, 0.25) is 5.95 Å². The Hall–Kier alpha value is -1.43. The van der Waals surface area contributed by atoms with Crippen LogP contribution in [-0.2, 0) is 0 Å². The van der Waals surface area contributed by atoms with Gasteiger partial charge in [-0.1, -0.05) is 0 Å². The fraction of sp³-hybridized carbons (Fsp3) is 0.714. The summed E-state index contributed by atoms with van der Waals surface area (Å²) >= 11 is 0. The Morgan fingerprint density at radius 2 is 2.10 bits per heavy atom. The molecule has 2 atom stereocenters. The van der Waals surface area contributed by atoms with Crippen LogP contribution in [0.1, 0.15) is 12.8 Å². The Kier molecular flexibility index (Phi) is 3.50. The molecule has 3 rings (SSSR count). The smallest absolute Gasteiger partial charge is 0.227 e. The third-order valence-corrected chi connectivity index (χ3v) is 4.47. The van der Waals surface area contributed by atoms with E-state index < -0.39 is 5.82 Å². The molecule has 2 heterocycles. The van der Waals surface area contributed by atoms with Crippen molar-refractivity contribution in [3.05, 3.63) is 12.0 Å². The first-order valence-electron chi connectivity index (χ1n) is 7.22. The number of nitrogens with one attached hydrogen (secondary N) is 1. The monoisotopic (exact) mass is 279 g/mol. The van der Waals surface area contributed by atoms with Crippen molar-refractivity contribution < 1.29 is 4.39 Å². The van der Waals surface area contributed by atoms with Crippen molar-refractivity contribution in [1.82, 2.24) is 14.9 Å². The molecule has 0 aromatic carbocycles. The van der Waals surface area contributed by atoms with E-state index in [0.29, 0.717) is 17.9 Å². The lowest BCUT2D eigenvalue weighted by atomic mass is 9.97. The van der Waals surface area contributed by atoms with Gasteiger partial charge >= 0.3 is 0 Å². The van der Waals surface area contributed by atoms with Crippen LogP contribution in [0.2, 0.25) is 0 Å². The molecule has 1 aliphatic heterocycles. The van der Waals surface area contributed by atoms with E-state index in [1.165, 1.54) is 19.0 Å². The van der Waals surface area contributed by atoms with Gasteiger partial charge in [0.05, 0.1) is 6.20 Å². The number of halogens is 1. The minimum atomic E-state index is -0.404. The van der Waals surface area contributed by atoms with E-state index in [0.717, 1.165) is 19.0 Å². The molecule has 20 heavy (non-hydrogen) atoms. The van der Waals surface area contributed by atoms with E-state index in [1.54, 1.807) is 7.05 Å². The van der Waals surface area contributed by atoms with Crippen LogP contribution < -0.4 is 10.2 Å². The first kappa shape index (κ1) is 13.5. The van der Waals surface area contributed by atoms with Crippen LogP contribution in [0, 0.1) is 17.7 Å². The summed E-state index contributed by atoms with van der Waals surface area (Å²) in [5.41, 5.74) is 0. The quantitative estimate of drug-likeness (QED) is 0.903. The Morgan fingerprint density at radius 3 is 2.70 bits per heavy atom. The van der Waals surface area contributed by atoms with Crippen molar-refractivity contribution in [1.29, 1.82) is 0 Å². The summed E-state index contributed by atoms with van der Waals surface area (Å²) < 4.78 is 13.5. The molecule has 0 spiro atoms. The van der Waals surface area contributed by atoms with Crippen molar-refractivity contribution in [3.63, 3.8) is 0 Å². The lowest BCUT2D eigenvalue weighted by molar-refractivity contribution is 0.238. The summed E-state index contributed by atoms with van der Waals surface area (Å²) in [4.78, 5) is 12.9. The van der Waals surface area contributed by atoms with Gasteiger partial charge in [-0.15, -0.1) is 0 Å². The SMILES string of the molecule is CNc1nc(N2C[C@@H](N(C)C)[C@H](C3CC3)C2)ncc1F. The topological polar surface area (TPSA) is 44.3 Å². The maximum atomic E-state index is 13.5. The minimum Gasteiger partial charge on any atom is -0.371 e. The van der Waals surface area contributed by atoms with Crippen LogP contribution in [-0.4, -0.2) is 55.1 Å². The highest BCUT2D eigenvalue weighted by atomic mass is 19.1.